The van der Waals surface area contributed by atoms with Gasteiger partial charge in [-0.1, -0.05) is 47.0 Å². The standard InChI is InChI=1S/C14H28OS/c1-7-8-9-10-13(15-6)12(2)11-16-14(3,4)5/h11,13H,7-10H2,1-6H3/b12-11-. The maximum absolute atomic E-state index is 5.54. The molecule has 0 saturated heterocycles. The first-order valence-electron chi connectivity index (χ1n) is 6.28. The van der Waals surface area contributed by atoms with E-state index >= 15 is 0 Å². The van der Waals surface area contributed by atoms with Gasteiger partial charge in [-0.15, -0.1) is 11.8 Å². The summed E-state index contributed by atoms with van der Waals surface area (Å²) < 4.78 is 5.84. The highest BCUT2D eigenvalue weighted by atomic mass is 32.2. The van der Waals surface area contributed by atoms with Gasteiger partial charge in [0.05, 0.1) is 6.10 Å². The normalized spacial score (nSPS) is 15.2. The van der Waals surface area contributed by atoms with Crippen LogP contribution < -0.4 is 0 Å². The fourth-order valence-corrected chi connectivity index (χ4v) is 2.15. The van der Waals surface area contributed by atoms with E-state index in [4.69, 9.17) is 4.74 Å². The Labute approximate surface area is 106 Å². The van der Waals surface area contributed by atoms with Crippen molar-refractivity contribution in [3.8, 4) is 0 Å². The molecule has 96 valence electrons. The first-order valence-corrected chi connectivity index (χ1v) is 7.16. The second kappa shape index (κ2) is 8.19. The average molecular weight is 244 g/mol. The summed E-state index contributed by atoms with van der Waals surface area (Å²) in [5.74, 6) is 0. The van der Waals surface area contributed by atoms with Gasteiger partial charge in [0, 0.05) is 11.9 Å². The molecule has 0 aromatic carbocycles. The number of thioether (sulfide) groups is 1. The summed E-state index contributed by atoms with van der Waals surface area (Å²) in [6.45, 7) is 11.1. The van der Waals surface area contributed by atoms with Crippen molar-refractivity contribution < 1.29 is 4.74 Å². The Balaban J connectivity index is 4.13. The van der Waals surface area contributed by atoms with Gasteiger partial charge in [-0.05, 0) is 24.3 Å². The van der Waals surface area contributed by atoms with E-state index in [2.05, 4.69) is 40.0 Å². The Morgan fingerprint density at radius 1 is 1.31 bits per heavy atom. The second-order valence-electron chi connectivity index (χ2n) is 5.31. The van der Waals surface area contributed by atoms with Crippen molar-refractivity contribution in [2.24, 2.45) is 0 Å². The molecule has 0 aliphatic heterocycles. The van der Waals surface area contributed by atoms with Crippen LogP contribution in [-0.4, -0.2) is 18.0 Å². The van der Waals surface area contributed by atoms with E-state index in [1.165, 1.54) is 24.8 Å². The van der Waals surface area contributed by atoms with E-state index < -0.39 is 0 Å². The number of hydrogen-bond donors (Lipinski definition) is 0. The largest absolute Gasteiger partial charge is 0.377 e. The fourth-order valence-electron chi connectivity index (χ4n) is 1.46. The molecule has 0 saturated carbocycles. The highest BCUT2D eigenvalue weighted by Gasteiger charge is 2.12. The molecule has 1 atom stereocenters. The second-order valence-corrected chi connectivity index (χ2v) is 7.01. The number of ether oxygens (including phenoxy) is 1. The minimum Gasteiger partial charge on any atom is -0.377 e. The number of rotatable bonds is 7. The first kappa shape index (κ1) is 16.1. The van der Waals surface area contributed by atoms with Crippen molar-refractivity contribution in [3.63, 3.8) is 0 Å². The highest BCUT2D eigenvalue weighted by molar-refractivity contribution is 8.03. The smallest absolute Gasteiger partial charge is 0.0786 e. The maximum atomic E-state index is 5.54. The van der Waals surface area contributed by atoms with E-state index in [1.807, 2.05) is 18.9 Å². The van der Waals surface area contributed by atoms with Crippen LogP contribution >= 0.6 is 11.8 Å². The van der Waals surface area contributed by atoms with E-state index in [9.17, 15) is 0 Å². The van der Waals surface area contributed by atoms with Gasteiger partial charge in [-0.3, -0.25) is 0 Å². The molecule has 16 heavy (non-hydrogen) atoms. The molecule has 0 aliphatic rings. The van der Waals surface area contributed by atoms with Gasteiger partial charge in [-0.2, -0.15) is 0 Å². The predicted octanol–water partition coefficient (Wildman–Crippen LogP) is 5.02. The Bertz CT molecular complexity index is 203. The van der Waals surface area contributed by atoms with Gasteiger partial charge in [0.15, 0.2) is 0 Å². The Hall–Kier alpha value is 0.0500. The fraction of sp³-hybridized carbons (Fsp3) is 0.857. The molecule has 0 aromatic rings. The molecule has 0 spiro atoms. The molecule has 0 aromatic heterocycles. The molecule has 1 nitrogen and oxygen atoms in total. The van der Waals surface area contributed by atoms with Crippen LogP contribution in [0, 0.1) is 0 Å². The zero-order valence-electron chi connectivity index (χ0n) is 11.8. The first-order chi connectivity index (χ1) is 7.40. The lowest BCUT2D eigenvalue weighted by Crippen LogP contribution is -2.13. The average Bonchev–Trinajstić information content (AvgIpc) is 2.20. The van der Waals surface area contributed by atoms with Crippen LogP contribution in [0.1, 0.15) is 60.3 Å². The molecule has 0 heterocycles. The molecule has 1 unspecified atom stereocenters. The molecule has 0 fully saturated rings. The lowest BCUT2D eigenvalue weighted by molar-refractivity contribution is 0.122. The molecule has 0 aliphatic carbocycles. The van der Waals surface area contributed by atoms with E-state index in [0.29, 0.717) is 10.9 Å². The Morgan fingerprint density at radius 2 is 1.94 bits per heavy atom. The third-order valence-corrected chi connectivity index (χ3v) is 3.66. The van der Waals surface area contributed by atoms with Crippen LogP contribution in [0.5, 0.6) is 0 Å². The number of unbranched alkanes of at least 4 members (excludes halogenated alkanes) is 2. The van der Waals surface area contributed by atoms with Crippen molar-refractivity contribution in [3.05, 3.63) is 11.0 Å². The summed E-state index contributed by atoms with van der Waals surface area (Å²) >= 11 is 1.88. The molecule has 0 bridgehead atoms. The summed E-state index contributed by atoms with van der Waals surface area (Å²) in [6, 6.07) is 0. The summed E-state index contributed by atoms with van der Waals surface area (Å²) in [5.41, 5.74) is 1.36. The third kappa shape index (κ3) is 8.23. The van der Waals surface area contributed by atoms with Gasteiger partial charge in [0.1, 0.15) is 0 Å². The van der Waals surface area contributed by atoms with Crippen LogP contribution in [-0.2, 0) is 4.74 Å². The van der Waals surface area contributed by atoms with Crippen LogP contribution in [0.4, 0.5) is 0 Å². The molecule has 0 amide bonds. The van der Waals surface area contributed by atoms with Crippen LogP contribution in [0.25, 0.3) is 0 Å². The van der Waals surface area contributed by atoms with E-state index in [0.717, 1.165) is 6.42 Å². The van der Waals surface area contributed by atoms with Gasteiger partial charge in [0.25, 0.3) is 0 Å². The molecule has 0 rings (SSSR count). The van der Waals surface area contributed by atoms with Crippen molar-refractivity contribution in [2.75, 3.05) is 7.11 Å². The lowest BCUT2D eigenvalue weighted by atomic mass is 10.1. The third-order valence-electron chi connectivity index (χ3n) is 2.46. The molecule has 0 N–H and O–H groups in total. The van der Waals surface area contributed by atoms with Gasteiger partial charge in [-0.25, -0.2) is 0 Å². The number of methoxy groups -OCH3 is 1. The van der Waals surface area contributed by atoms with Crippen LogP contribution in [0.15, 0.2) is 11.0 Å². The molecule has 2 heteroatoms. The van der Waals surface area contributed by atoms with E-state index in [-0.39, 0.29) is 0 Å². The van der Waals surface area contributed by atoms with Crippen molar-refractivity contribution in [2.45, 2.75) is 71.2 Å². The van der Waals surface area contributed by atoms with Crippen molar-refractivity contribution in [1.29, 1.82) is 0 Å². The topological polar surface area (TPSA) is 9.23 Å². The van der Waals surface area contributed by atoms with Crippen molar-refractivity contribution >= 4 is 11.8 Å². The van der Waals surface area contributed by atoms with Gasteiger partial charge < -0.3 is 4.74 Å². The highest BCUT2D eigenvalue weighted by Crippen LogP contribution is 2.27. The van der Waals surface area contributed by atoms with Gasteiger partial charge >= 0.3 is 0 Å². The SMILES string of the molecule is CCCCCC(OC)/C(C)=C\SC(C)(C)C. The summed E-state index contributed by atoms with van der Waals surface area (Å²) in [6.07, 6.45) is 5.30. The summed E-state index contributed by atoms with van der Waals surface area (Å²) in [5, 5.41) is 2.26. The van der Waals surface area contributed by atoms with E-state index in [1.54, 1.807) is 0 Å². The monoisotopic (exact) mass is 244 g/mol. The zero-order valence-corrected chi connectivity index (χ0v) is 12.6. The minimum atomic E-state index is 0.295. The molecular weight excluding hydrogens is 216 g/mol. The number of hydrogen-bond acceptors (Lipinski definition) is 2. The van der Waals surface area contributed by atoms with Gasteiger partial charge in [0.2, 0.25) is 0 Å². The summed E-state index contributed by atoms with van der Waals surface area (Å²) in [7, 11) is 1.82. The Morgan fingerprint density at radius 3 is 2.38 bits per heavy atom. The van der Waals surface area contributed by atoms with Crippen LogP contribution in [0.2, 0.25) is 0 Å². The minimum absolute atomic E-state index is 0.295. The van der Waals surface area contributed by atoms with Crippen LogP contribution in [0.3, 0.4) is 0 Å². The van der Waals surface area contributed by atoms with Crippen molar-refractivity contribution in [1.82, 2.24) is 0 Å². The quantitative estimate of drug-likeness (QED) is 0.582. The zero-order chi connectivity index (χ0) is 12.6. The Kier molecular flexibility index (Phi) is 8.21. The molecular formula is C14H28OS. The maximum Gasteiger partial charge on any atom is 0.0786 e. The predicted molar refractivity (Wildman–Crippen MR) is 76.0 cm³/mol. The molecule has 0 radical (unpaired) electrons. The summed E-state index contributed by atoms with van der Waals surface area (Å²) in [4.78, 5) is 0. The lowest BCUT2D eigenvalue weighted by Gasteiger charge is -2.19.